The molecule has 0 saturated carbocycles. The molecular formula is C40H47N9O5. The van der Waals surface area contributed by atoms with E-state index in [9.17, 15) is 24.3 Å². The van der Waals surface area contributed by atoms with Gasteiger partial charge in [-0.25, -0.2) is 0 Å². The zero-order valence-corrected chi connectivity index (χ0v) is 30.5. The number of nitrogens with one attached hydrogen (secondary N) is 2. The first kappa shape index (κ1) is 34.7. The first-order valence-electron chi connectivity index (χ1n) is 19.5. The van der Waals surface area contributed by atoms with Crippen LogP contribution in [0.3, 0.4) is 0 Å². The number of anilines is 3. The summed E-state index contributed by atoms with van der Waals surface area (Å²) in [6.07, 6.45) is 4.87. The highest BCUT2D eigenvalue weighted by atomic mass is 16.3. The molecule has 14 nitrogen and oxygen atoms in total. The molecule has 4 amide bonds. The lowest BCUT2D eigenvalue weighted by atomic mass is 9.92. The maximum Gasteiger partial charge on any atom is 0.262 e. The smallest absolute Gasteiger partial charge is 0.262 e. The first-order valence-corrected chi connectivity index (χ1v) is 19.5. The Morgan fingerprint density at radius 1 is 0.741 bits per heavy atom. The van der Waals surface area contributed by atoms with Crippen LogP contribution in [0.1, 0.15) is 59.2 Å². The molecule has 2 atom stereocenters. The van der Waals surface area contributed by atoms with Gasteiger partial charge in [-0.1, -0.05) is 12.1 Å². The molecule has 3 N–H and O–H groups in total. The van der Waals surface area contributed by atoms with E-state index >= 15 is 0 Å². The van der Waals surface area contributed by atoms with E-state index in [-0.39, 0.29) is 24.5 Å². The molecule has 0 spiro atoms. The molecular weight excluding hydrogens is 686 g/mol. The van der Waals surface area contributed by atoms with Crippen molar-refractivity contribution in [2.45, 2.75) is 50.6 Å². The summed E-state index contributed by atoms with van der Waals surface area (Å²) in [5, 5.41) is 25.0. The molecule has 0 radical (unpaired) electrons. The van der Waals surface area contributed by atoms with E-state index in [0.29, 0.717) is 40.3 Å². The molecule has 282 valence electrons. The summed E-state index contributed by atoms with van der Waals surface area (Å²) in [7, 11) is 0. The number of imide groups is 2. The van der Waals surface area contributed by atoms with Gasteiger partial charge in [-0.15, -0.1) is 10.2 Å². The van der Waals surface area contributed by atoms with Gasteiger partial charge < -0.3 is 25.1 Å². The molecule has 6 aliphatic rings. The summed E-state index contributed by atoms with van der Waals surface area (Å²) in [6.45, 7) is 10.2. The van der Waals surface area contributed by atoms with Gasteiger partial charge in [-0.2, -0.15) is 0 Å². The van der Waals surface area contributed by atoms with Gasteiger partial charge in [0.15, 0.2) is 5.82 Å². The van der Waals surface area contributed by atoms with Gasteiger partial charge in [0, 0.05) is 70.0 Å². The highest BCUT2D eigenvalue weighted by molar-refractivity contribution is 6.23. The maximum atomic E-state index is 13.3. The van der Waals surface area contributed by atoms with E-state index in [2.05, 4.69) is 46.5 Å². The second-order valence-corrected chi connectivity index (χ2v) is 15.8. The van der Waals surface area contributed by atoms with E-state index in [0.717, 1.165) is 100 Å². The maximum absolute atomic E-state index is 13.3. The Morgan fingerprint density at radius 3 is 2.26 bits per heavy atom. The van der Waals surface area contributed by atoms with Gasteiger partial charge in [0.1, 0.15) is 11.8 Å². The van der Waals surface area contributed by atoms with Crippen molar-refractivity contribution in [1.29, 1.82) is 0 Å². The molecule has 0 aliphatic carbocycles. The number of hydrogen-bond acceptors (Lipinski definition) is 12. The van der Waals surface area contributed by atoms with Crippen LogP contribution in [0.5, 0.6) is 5.75 Å². The average molecular weight is 734 g/mol. The Labute approximate surface area is 314 Å². The number of nitrogens with zero attached hydrogens (tertiary/aromatic N) is 7. The zero-order valence-electron chi connectivity index (χ0n) is 30.5. The van der Waals surface area contributed by atoms with Crippen LogP contribution < -0.4 is 20.4 Å². The Balaban J connectivity index is 0.731. The summed E-state index contributed by atoms with van der Waals surface area (Å²) in [6, 6.07) is 14.2. The molecule has 4 fully saturated rings. The van der Waals surface area contributed by atoms with Crippen LogP contribution in [0, 0.1) is 11.8 Å². The monoisotopic (exact) mass is 733 g/mol. The number of amides is 4. The molecule has 7 heterocycles. The number of rotatable bonds is 7. The fourth-order valence-corrected chi connectivity index (χ4v) is 9.45. The second-order valence-electron chi connectivity index (χ2n) is 15.8. The number of piperazine rings is 1. The predicted octanol–water partition coefficient (Wildman–Crippen LogP) is 2.80. The number of likely N-dealkylation sites (tertiary alicyclic amines) is 1. The van der Waals surface area contributed by atoms with Crippen molar-refractivity contribution in [2.24, 2.45) is 11.8 Å². The van der Waals surface area contributed by atoms with Gasteiger partial charge in [0.25, 0.3) is 11.8 Å². The van der Waals surface area contributed by atoms with E-state index in [1.54, 1.807) is 18.2 Å². The minimum atomic E-state index is -0.952. The van der Waals surface area contributed by atoms with E-state index < -0.39 is 23.8 Å². The standard InChI is InChI=1S/C40H47N9O5/c50-35-4-2-1-3-30(35)32-20-34-37(44-43-32)41-21-28-24-46(17-18-48(28)34)23-25-9-13-45(14-10-25)22-26-11-15-47(16-12-26)27-5-6-29-31(19-27)40(54)49(39(29)53)33-7-8-36(51)42-38(33)52/h1-6,19-20,25-26,28,33,50H,7-18,21-24H2,(H,41,44)(H,42,51,52)/t28-,33?/m0/s1. The van der Waals surface area contributed by atoms with E-state index in [4.69, 9.17) is 0 Å². The number of carbonyl (C=O) groups is 4. The third-order valence-corrected chi connectivity index (χ3v) is 12.5. The highest BCUT2D eigenvalue weighted by Crippen LogP contribution is 2.37. The van der Waals surface area contributed by atoms with Crippen molar-refractivity contribution in [3.63, 3.8) is 0 Å². The number of carbonyl (C=O) groups excluding carboxylic acids is 4. The molecule has 1 aromatic heterocycles. The van der Waals surface area contributed by atoms with Gasteiger partial charge in [0.05, 0.1) is 28.6 Å². The fraction of sp³-hybridized carbons (Fsp3) is 0.500. The highest BCUT2D eigenvalue weighted by Gasteiger charge is 2.45. The van der Waals surface area contributed by atoms with Gasteiger partial charge in [0.2, 0.25) is 11.8 Å². The van der Waals surface area contributed by atoms with Crippen molar-refractivity contribution in [1.82, 2.24) is 30.2 Å². The second kappa shape index (κ2) is 14.3. The number of benzene rings is 2. The molecule has 4 saturated heterocycles. The average Bonchev–Trinajstić information content (AvgIpc) is 3.43. The fourth-order valence-electron chi connectivity index (χ4n) is 9.45. The molecule has 14 heteroatoms. The van der Waals surface area contributed by atoms with Crippen molar-refractivity contribution in [3.05, 3.63) is 59.7 Å². The van der Waals surface area contributed by atoms with Gasteiger partial charge in [-0.05, 0) is 93.4 Å². The minimum Gasteiger partial charge on any atom is -0.507 e. The van der Waals surface area contributed by atoms with Crippen LogP contribution in [0.15, 0.2) is 48.5 Å². The van der Waals surface area contributed by atoms with Crippen LogP contribution in [0.4, 0.5) is 17.2 Å². The normalized spacial score (nSPS) is 24.3. The number of aromatic nitrogens is 2. The Morgan fingerprint density at radius 2 is 1.48 bits per heavy atom. The summed E-state index contributed by atoms with van der Waals surface area (Å²) in [4.78, 5) is 61.6. The third kappa shape index (κ3) is 6.55. The summed E-state index contributed by atoms with van der Waals surface area (Å²) >= 11 is 0. The quantitative estimate of drug-likeness (QED) is 0.306. The third-order valence-electron chi connectivity index (χ3n) is 12.5. The lowest BCUT2D eigenvalue weighted by Gasteiger charge is -2.47. The van der Waals surface area contributed by atoms with Gasteiger partial charge >= 0.3 is 0 Å². The molecule has 2 aromatic carbocycles. The number of phenolic OH excluding ortho intramolecular Hbond substituents is 1. The predicted molar refractivity (Wildman–Crippen MR) is 202 cm³/mol. The van der Waals surface area contributed by atoms with Crippen molar-refractivity contribution in [2.75, 3.05) is 80.6 Å². The summed E-state index contributed by atoms with van der Waals surface area (Å²) in [5.41, 5.74) is 4.03. The largest absolute Gasteiger partial charge is 0.507 e. The Bertz CT molecular complexity index is 1970. The topological polar surface area (TPSA) is 155 Å². The van der Waals surface area contributed by atoms with Crippen LogP contribution in [0.2, 0.25) is 0 Å². The lowest BCUT2D eigenvalue weighted by molar-refractivity contribution is -0.136. The van der Waals surface area contributed by atoms with Crippen LogP contribution in [-0.2, 0) is 9.59 Å². The molecule has 3 aromatic rings. The Hall–Kier alpha value is -5.08. The molecule has 54 heavy (non-hydrogen) atoms. The Kier molecular flexibility index (Phi) is 9.18. The van der Waals surface area contributed by atoms with Crippen LogP contribution in [0.25, 0.3) is 11.3 Å². The van der Waals surface area contributed by atoms with Gasteiger partial charge in [-0.3, -0.25) is 34.3 Å². The number of fused-ring (bicyclic) bond motifs is 4. The molecule has 6 aliphatic heterocycles. The van der Waals surface area contributed by atoms with Crippen molar-refractivity contribution < 1.29 is 24.3 Å². The molecule has 1 unspecified atom stereocenters. The first-order chi connectivity index (χ1) is 26.3. The summed E-state index contributed by atoms with van der Waals surface area (Å²) < 4.78 is 0. The number of piperidine rings is 3. The number of hydrogen-bond donors (Lipinski definition) is 3. The molecule has 9 rings (SSSR count). The number of aromatic hydroxyl groups is 1. The zero-order chi connectivity index (χ0) is 36.9. The van der Waals surface area contributed by atoms with E-state index in [1.165, 1.54) is 12.8 Å². The van der Waals surface area contributed by atoms with Crippen molar-refractivity contribution in [3.8, 4) is 17.0 Å². The SMILES string of the molecule is O=C1CCC(N2C(=O)c3ccc(N4CCC(CN5CCC(CN6CCN7c8cc(-c9ccccc9O)nnc8NC[C@H]7C6)CC5)CC4)cc3C2=O)C(=O)N1. The van der Waals surface area contributed by atoms with Crippen LogP contribution in [-0.4, -0.2) is 131 Å². The number of phenols is 1. The minimum absolute atomic E-state index is 0.108. The molecule has 0 bridgehead atoms. The summed E-state index contributed by atoms with van der Waals surface area (Å²) in [5.74, 6) is 0.467. The van der Waals surface area contributed by atoms with E-state index in [1.807, 2.05) is 24.3 Å². The lowest BCUT2D eigenvalue weighted by Crippen LogP contribution is -2.58. The van der Waals surface area contributed by atoms with Crippen LogP contribution >= 0.6 is 0 Å². The number of para-hydroxylation sites is 1. The van der Waals surface area contributed by atoms with Crippen molar-refractivity contribution >= 4 is 40.8 Å².